The summed E-state index contributed by atoms with van der Waals surface area (Å²) in [6.07, 6.45) is -2.76. The van der Waals surface area contributed by atoms with Crippen LogP contribution in [0.3, 0.4) is 0 Å². The number of alkyl halides is 3. The molecule has 23 heavy (non-hydrogen) atoms. The molecule has 0 radical (unpaired) electrons. The highest BCUT2D eigenvalue weighted by molar-refractivity contribution is 5.78. The van der Waals surface area contributed by atoms with Crippen molar-refractivity contribution in [1.82, 2.24) is 4.90 Å². The highest BCUT2D eigenvalue weighted by Crippen LogP contribution is 2.36. The fourth-order valence-electron chi connectivity index (χ4n) is 2.37. The molecule has 0 aliphatic heterocycles. The number of amides is 1. The van der Waals surface area contributed by atoms with Gasteiger partial charge in [0.05, 0.1) is 11.6 Å². The second-order valence-electron chi connectivity index (χ2n) is 5.64. The third-order valence-electron chi connectivity index (χ3n) is 3.79. The average Bonchev–Trinajstić information content (AvgIpc) is 3.33. The second kappa shape index (κ2) is 6.90. The molecule has 1 saturated carbocycles. The van der Waals surface area contributed by atoms with Crippen LogP contribution in [0, 0.1) is 17.2 Å². The molecule has 0 heterocycles. The summed E-state index contributed by atoms with van der Waals surface area (Å²) < 4.78 is 43.4. The van der Waals surface area contributed by atoms with Gasteiger partial charge in [-0.15, -0.1) is 0 Å². The summed E-state index contributed by atoms with van der Waals surface area (Å²) in [5, 5.41) is 8.79. The standard InChI is InChI=1S/C16H17F3N2O2/c1-11(13-5-6-13)21(10-16(17,18)19)15(22)9-23-14-4-2-3-12(7-14)8-20/h2-4,7,11,13H,5-6,9-10H2,1H3/t11-/m1/s1. The van der Waals surface area contributed by atoms with Crippen molar-refractivity contribution in [2.45, 2.75) is 32.0 Å². The van der Waals surface area contributed by atoms with Crippen molar-refractivity contribution >= 4 is 5.91 Å². The number of nitrogens with zero attached hydrogens (tertiary/aromatic N) is 2. The second-order valence-corrected chi connectivity index (χ2v) is 5.64. The molecule has 0 spiro atoms. The zero-order chi connectivity index (χ0) is 17.0. The number of hydrogen-bond donors (Lipinski definition) is 0. The van der Waals surface area contributed by atoms with E-state index in [4.69, 9.17) is 10.00 Å². The Morgan fingerprint density at radius 1 is 1.48 bits per heavy atom. The number of halogens is 3. The van der Waals surface area contributed by atoms with E-state index in [1.807, 2.05) is 6.07 Å². The summed E-state index contributed by atoms with van der Waals surface area (Å²) >= 11 is 0. The molecule has 0 bridgehead atoms. The van der Waals surface area contributed by atoms with Crippen LogP contribution in [0.15, 0.2) is 24.3 Å². The molecule has 0 unspecified atom stereocenters. The number of carbonyl (C=O) groups excluding carboxylic acids is 1. The fraction of sp³-hybridized carbons (Fsp3) is 0.500. The van der Waals surface area contributed by atoms with E-state index in [0.717, 1.165) is 17.7 Å². The van der Waals surface area contributed by atoms with Crippen LogP contribution >= 0.6 is 0 Å². The number of carbonyl (C=O) groups is 1. The van der Waals surface area contributed by atoms with E-state index in [1.165, 1.54) is 6.07 Å². The highest BCUT2D eigenvalue weighted by atomic mass is 19.4. The van der Waals surface area contributed by atoms with E-state index in [-0.39, 0.29) is 11.7 Å². The van der Waals surface area contributed by atoms with Gasteiger partial charge in [-0.05, 0) is 43.9 Å². The molecular formula is C16H17F3N2O2. The van der Waals surface area contributed by atoms with Crippen LogP contribution in [0.5, 0.6) is 5.75 Å². The van der Waals surface area contributed by atoms with Gasteiger partial charge in [-0.3, -0.25) is 4.79 Å². The fourth-order valence-corrected chi connectivity index (χ4v) is 2.37. The van der Waals surface area contributed by atoms with Crippen molar-refractivity contribution in [3.63, 3.8) is 0 Å². The topological polar surface area (TPSA) is 53.3 Å². The molecule has 0 saturated heterocycles. The lowest BCUT2D eigenvalue weighted by atomic mass is 10.2. The van der Waals surface area contributed by atoms with E-state index in [0.29, 0.717) is 5.56 Å². The monoisotopic (exact) mass is 326 g/mol. The van der Waals surface area contributed by atoms with Crippen molar-refractivity contribution in [2.75, 3.05) is 13.2 Å². The average molecular weight is 326 g/mol. The molecule has 1 aliphatic carbocycles. The number of hydrogen-bond acceptors (Lipinski definition) is 3. The third-order valence-corrected chi connectivity index (χ3v) is 3.79. The lowest BCUT2D eigenvalue weighted by Gasteiger charge is -2.30. The zero-order valence-corrected chi connectivity index (χ0v) is 12.6. The minimum atomic E-state index is -4.44. The highest BCUT2D eigenvalue weighted by Gasteiger charge is 2.40. The van der Waals surface area contributed by atoms with Gasteiger partial charge in [0.2, 0.25) is 0 Å². The quantitative estimate of drug-likeness (QED) is 0.807. The Labute approximate surface area is 132 Å². The predicted octanol–water partition coefficient (Wildman–Crippen LogP) is 3.13. The molecule has 1 aliphatic rings. The van der Waals surface area contributed by atoms with Crippen LogP contribution < -0.4 is 4.74 Å². The number of ether oxygens (including phenoxy) is 1. The minimum absolute atomic E-state index is 0.128. The Kier molecular flexibility index (Phi) is 5.14. The first-order valence-corrected chi connectivity index (χ1v) is 7.29. The van der Waals surface area contributed by atoms with Gasteiger partial charge < -0.3 is 9.64 Å². The first kappa shape index (κ1) is 17.1. The molecule has 4 nitrogen and oxygen atoms in total. The molecule has 1 fully saturated rings. The number of benzene rings is 1. The predicted molar refractivity (Wildman–Crippen MR) is 76.6 cm³/mol. The Morgan fingerprint density at radius 2 is 2.17 bits per heavy atom. The Hall–Kier alpha value is -2.23. The summed E-state index contributed by atoms with van der Waals surface area (Å²) in [5.41, 5.74) is 0.355. The molecule has 0 aromatic heterocycles. The van der Waals surface area contributed by atoms with Crippen LogP contribution in [-0.4, -0.2) is 36.2 Å². The van der Waals surface area contributed by atoms with Crippen LogP contribution in [-0.2, 0) is 4.79 Å². The summed E-state index contributed by atoms with van der Waals surface area (Å²) in [5.74, 6) is -0.296. The summed E-state index contributed by atoms with van der Waals surface area (Å²) in [7, 11) is 0. The van der Waals surface area contributed by atoms with Gasteiger partial charge in [0.25, 0.3) is 5.91 Å². The normalized spacial score (nSPS) is 15.6. The van der Waals surface area contributed by atoms with E-state index >= 15 is 0 Å². The summed E-state index contributed by atoms with van der Waals surface area (Å²) in [4.78, 5) is 13.0. The maximum atomic E-state index is 12.7. The minimum Gasteiger partial charge on any atom is -0.484 e. The lowest BCUT2D eigenvalue weighted by Crippen LogP contribution is -2.47. The molecule has 1 atom stereocenters. The Balaban J connectivity index is 2.00. The molecule has 0 N–H and O–H groups in total. The molecular weight excluding hydrogens is 309 g/mol. The van der Waals surface area contributed by atoms with E-state index in [9.17, 15) is 18.0 Å². The van der Waals surface area contributed by atoms with Gasteiger partial charge in [-0.25, -0.2) is 0 Å². The van der Waals surface area contributed by atoms with Crippen LogP contribution in [0.25, 0.3) is 0 Å². The molecule has 2 rings (SSSR count). The van der Waals surface area contributed by atoms with Crippen LogP contribution in [0.4, 0.5) is 13.2 Å². The van der Waals surface area contributed by atoms with E-state index in [1.54, 1.807) is 25.1 Å². The largest absolute Gasteiger partial charge is 0.484 e. The summed E-state index contributed by atoms with van der Waals surface area (Å²) in [6.45, 7) is -0.120. The van der Waals surface area contributed by atoms with Crippen LogP contribution in [0.1, 0.15) is 25.3 Å². The van der Waals surface area contributed by atoms with Crippen molar-refractivity contribution in [3.05, 3.63) is 29.8 Å². The first-order valence-electron chi connectivity index (χ1n) is 7.29. The first-order chi connectivity index (χ1) is 10.8. The van der Waals surface area contributed by atoms with Gasteiger partial charge in [-0.2, -0.15) is 18.4 Å². The molecule has 1 aromatic carbocycles. The molecule has 124 valence electrons. The Morgan fingerprint density at radius 3 is 2.74 bits per heavy atom. The molecule has 1 aromatic rings. The maximum absolute atomic E-state index is 12.7. The smallest absolute Gasteiger partial charge is 0.406 e. The van der Waals surface area contributed by atoms with Crippen molar-refractivity contribution in [3.8, 4) is 11.8 Å². The van der Waals surface area contributed by atoms with Gasteiger partial charge >= 0.3 is 6.18 Å². The van der Waals surface area contributed by atoms with Crippen LogP contribution in [0.2, 0.25) is 0 Å². The summed E-state index contributed by atoms with van der Waals surface area (Å²) in [6, 6.07) is 7.60. The van der Waals surface area contributed by atoms with E-state index in [2.05, 4.69) is 0 Å². The van der Waals surface area contributed by atoms with Gasteiger partial charge in [-0.1, -0.05) is 6.07 Å². The maximum Gasteiger partial charge on any atom is 0.406 e. The van der Waals surface area contributed by atoms with Crippen molar-refractivity contribution in [2.24, 2.45) is 5.92 Å². The number of rotatable bonds is 6. The zero-order valence-electron chi connectivity index (χ0n) is 12.6. The lowest BCUT2D eigenvalue weighted by molar-refractivity contribution is -0.167. The van der Waals surface area contributed by atoms with Gasteiger partial charge in [0.1, 0.15) is 12.3 Å². The van der Waals surface area contributed by atoms with Crippen molar-refractivity contribution < 1.29 is 22.7 Å². The third kappa shape index (κ3) is 5.16. The van der Waals surface area contributed by atoms with Gasteiger partial charge in [0, 0.05) is 6.04 Å². The SMILES string of the molecule is C[C@H](C1CC1)N(CC(F)(F)F)C(=O)COc1cccc(C#N)c1. The Bertz CT molecular complexity index is 606. The number of nitriles is 1. The molecule has 1 amide bonds. The van der Waals surface area contributed by atoms with E-state index < -0.39 is 31.3 Å². The molecule has 7 heteroatoms. The van der Waals surface area contributed by atoms with Crippen molar-refractivity contribution in [1.29, 1.82) is 5.26 Å². The van der Waals surface area contributed by atoms with Gasteiger partial charge in [0.15, 0.2) is 6.61 Å².